The molecule has 2 aromatic rings. The molecule has 2 fully saturated rings. The van der Waals surface area contributed by atoms with Crippen molar-refractivity contribution in [2.75, 3.05) is 36.5 Å². The number of aromatic nitrogens is 2. The van der Waals surface area contributed by atoms with E-state index in [2.05, 4.69) is 20.0 Å². The molecule has 0 radical (unpaired) electrons. The van der Waals surface area contributed by atoms with Gasteiger partial charge in [0.2, 0.25) is 11.7 Å². The summed E-state index contributed by atoms with van der Waals surface area (Å²) in [5, 5.41) is 3.14. The number of rotatable bonds is 9. The number of halogens is 3. The van der Waals surface area contributed by atoms with E-state index >= 15 is 4.39 Å². The maximum absolute atomic E-state index is 15.5. The standard InChI is InChI=1S/C25H32F3N5O3/c1-25(27,28)36-19-8-6-18(7-9-19)20-14-35-11-10-33(20)24-22(26)23(31-15-32-24)30-13-17-4-2-16(3-5-17)12-21(29)34/h6-9,15-17,20H,2-5,10-14H2,1H3,(H2,29,34)(H,30,31,32). The first-order valence-electron chi connectivity index (χ1n) is 12.2. The van der Waals surface area contributed by atoms with Crippen LogP contribution in [0.5, 0.6) is 5.75 Å². The zero-order chi connectivity index (χ0) is 25.7. The summed E-state index contributed by atoms with van der Waals surface area (Å²) in [6.45, 7) is 2.36. The topological polar surface area (TPSA) is 103 Å². The van der Waals surface area contributed by atoms with Crippen molar-refractivity contribution in [2.24, 2.45) is 17.6 Å². The Labute approximate surface area is 208 Å². The fourth-order valence-corrected chi connectivity index (χ4v) is 4.95. The van der Waals surface area contributed by atoms with E-state index < -0.39 is 11.9 Å². The molecule has 2 heterocycles. The number of hydrogen-bond acceptors (Lipinski definition) is 7. The highest BCUT2D eigenvalue weighted by atomic mass is 19.3. The van der Waals surface area contributed by atoms with Crippen LogP contribution in [0.15, 0.2) is 30.6 Å². The molecule has 0 spiro atoms. The number of anilines is 2. The van der Waals surface area contributed by atoms with Crippen LogP contribution in [0.25, 0.3) is 0 Å². The van der Waals surface area contributed by atoms with Gasteiger partial charge in [0, 0.05) is 26.4 Å². The number of amides is 1. The van der Waals surface area contributed by atoms with Gasteiger partial charge in [-0.05, 0) is 55.2 Å². The molecule has 1 aromatic carbocycles. The Hall–Kier alpha value is -3.08. The molecule has 8 nitrogen and oxygen atoms in total. The Morgan fingerprint density at radius 3 is 2.56 bits per heavy atom. The molecule has 11 heteroatoms. The van der Waals surface area contributed by atoms with Gasteiger partial charge < -0.3 is 25.4 Å². The molecular formula is C25H32F3N5O3. The van der Waals surface area contributed by atoms with E-state index in [4.69, 9.17) is 10.5 Å². The molecule has 2 aliphatic rings. The fourth-order valence-electron chi connectivity index (χ4n) is 4.95. The molecule has 3 N–H and O–H groups in total. The maximum Gasteiger partial charge on any atom is 0.394 e. The van der Waals surface area contributed by atoms with Gasteiger partial charge in [-0.15, -0.1) is 0 Å². The minimum Gasteiger partial charge on any atom is -0.433 e. The lowest BCUT2D eigenvalue weighted by atomic mass is 9.80. The predicted octanol–water partition coefficient (Wildman–Crippen LogP) is 4.28. The molecule has 0 bridgehead atoms. The van der Waals surface area contributed by atoms with Crippen LogP contribution in [0.1, 0.15) is 50.6 Å². The van der Waals surface area contributed by atoms with Gasteiger partial charge in [-0.2, -0.15) is 13.2 Å². The van der Waals surface area contributed by atoms with Crippen molar-refractivity contribution in [3.05, 3.63) is 42.0 Å². The van der Waals surface area contributed by atoms with Crippen molar-refractivity contribution in [3.8, 4) is 5.75 Å². The van der Waals surface area contributed by atoms with Crippen molar-refractivity contribution in [2.45, 2.75) is 51.2 Å². The second-order valence-corrected chi connectivity index (χ2v) is 9.56. The highest BCUT2D eigenvalue weighted by molar-refractivity contribution is 5.74. The average molecular weight is 508 g/mol. The molecule has 1 aromatic heterocycles. The van der Waals surface area contributed by atoms with Crippen LogP contribution >= 0.6 is 0 Å². The normalized spacial score (nSPS) is 22.8. The highest BCUT2D eigenvalue weighted by Crippen LogP contribution is 2.34. The lowest BCUT2D eigenvalue weighted by Gasteiger charge is -2.37. The van der Waals surface area contributed by atoms with Crippen molar-refractivity contribution in [1.29, 1.82) is 0 Å². The van der Waals surface area contributed by atoms with Crippen LogP contribution in [0, 0.1) is 17.7 Å². The van der Waals surface area contributed by atoms with Gasteiger partial charge in [0.15, 0.2) is 11.6 Å². The number of nitrogens with one attached hydrogen (secondary N) is 1. The third-order valence-electron chi connectivity index (χ3n) is 6.75. The van der Waals surface area contributed by atoms with Crippen LogP contribution in [0.4, 0.5) is 24.8 Å². The smallest absolute Gasteiger partial charge is 0.394 e. The first kappa shape index (κ1) is 26.0. The Morgan fingerprint density at radius 2 is 1.89 bits per heavy atom. The lowest BCUT2D eigenvalue weighted by Crippen LogP contribution is -2.40. The summed E-state index contributed by atoms with van der Waals surface area (Å²) < 4.78 is 52.0. The molecular weight excluding hydrogens is 475 g/mol. The molecule has 196 valence electrons. The molecule has 1 unspecified atom stereocenters. The van der Waals surface area contributed by atoms with Crippen molar-refractivity contribution >= 4 is 17.5 Å². The van der Waals surface area contributed by atoms with Gasteiger partial charge in [0.05, 0.1) is 19.3 Å². The van der Waals surface area contributed by atoms with E-state index in [1.807, 2.05) is 4.90 Å². The number of carbonyl (C=O) groups is 1. The molecule has 4 rings (SSSR count). The van der Waals surface area contributed by atoms with Gasteiger partial charge in [-0.25, -0.2) is 9.97 Å². The van der Waals surface area contributed by atoms with Crippen LogP contribution in [0.2, 0.25) is 0 Å². The zero-order valence-electron chi connectivity index (χ0n) is 20.3. The minimum absolute atomic E-state index is 0.0397. The van der Waals surface area contributed by atoms with Gasteiger partial charge >= 0.3 is 6.11 Å². The molecule has 36 heavy (non-hydrogen) atoms. The first-order valence-corrected chi connectivity index (χ1v) is 12.2. The summed E-state index contributed by atoms with van der Waals surface area (Å²) in [5.41, 5.74) is 6.07. The number of hydrogen-bond donors (Lipinski definition) is 2. The minimum atomic E-state index is -3.28. The fraction of sp³-hybridized carbons (Fsp3) is 0.560. The lowest BCUT2D eigenvalue weighted by molar-refractivity contribution is -0.159. The number of alkyl halides is 2. The van der Waals surface area contributed by atoms with E-state index in [0.717, 1.165) is 31.2 Å². The summed E-state index contributed by atoms with van der Waals surface area (Å²) >= 11 is 0. The summed E-state index contributed by atoms with van der Waals surface area (Å²) in [6.07, 6.45) is 2.23. The van der Waals surface area contributed by atoms with Gasteiger partial charge in [0.1, 0.15) is 12.1 Å². The van der Waals surface area contributed by atoms with Gasteiger partial charge in [-0.1, -0.05) is 12.1 Å². The largest absolute Gasteiger partial charge is 0.433 e. The number of nitrogens with zero attached hydrogens (tertiary/aromatic N) is 3. The van der Waals surface area contributed by atoms with Gasteiger partial charge in [-0.3, -0.25) is 4.79 Å². The van der Waals surface area contributed by atoms with Crippen molar-refractivity contribution < 1.29 is 27.4 Å². The van der Waals surface area contributed by atoms with Crippen LogP contribution < -0.4 is 20.7 Å². The van der Waals surface area contributed by atoms with E-state index in [0.29, 0.717) is 51.5 Å². The first-order chi connectivity index (χ1) is 17.2. The molecule has 1 atom stereocenters. The number of carbonyl (C=O) groups excluding carboxylic acids is 1. The molecule has 1 saturated heterocycles. The Morgan fingerprint density at radius 1 is 1.19 bits per heavy atom. The summed E-state index contributed by atoms with van der Waals surface area (Å²) in [6, 6.07) is 5.90. The number of ether oxygens (including phenoxy) is 2. The quantitative estimate of drug-likeness (QED) is 0.522. The zero-order valence-corrected chi connectivity index (χ0v) is 20.3. The van der Waals surface area contributed by atoms with Crippen LogP contribution in [-0.4, -0.2) is 48.3 Å². The number of morpholine rings is 1. The van der Waals surface area contributed by atoms with E-state index in [1.165, 1.54) is 18.5 Å². The van der Waals surface area contributed by atoms with Gasteiger partial charge in [0.25, 0.3) is 0 Å². The summed E-state index contributed by atoms with van der Waals surface area (Å²) in [7, 11) is 0. The molecule has 1 aliphatic heterocycles. The molecule has 1 aliphatic carbocycles. The molecule has 1 saturated carbocycles. The number of benzene rings is 1. The number of primary amides is 1. The SMILES string of the molecule is CC(F)(F)Oc1ccc(C2COCCN2c2ncnc(NCC3CCC(CC(N)=O)CC3)c2F)cc1. The van der Waals surface area contributed by atoms with Crippen LogP contribution in [-0.2, 0) is 9.53 Å². The van der Waals surface area contributed by atoms with Crippen molar-refractivity contribution in [3.63, 3.8) is 0 Å². The maximum atomic E-state index is 15.5. The molecule has 1 amide bonds. The highest BCUT2D eigenvalue weighted by Gasteiger charge is 2.30. The third-order valence-corrected chi connectivity index (χ3v) is 6.75. The van der Waals surface area contributed by atoms with E-state index in [-0.39, 0.29) is 29.3 Å². The predicted molar refractivity (Wildman–Crippen MR) is 128 cm³/mol. The van der Waals surface area contributed by atoms with Crippen LogP contribution in [0.3, 0.4) is 0 Å². The third kappa shape index (κ3) is 6.77. The second kappa shape index (κ2) is 11.3. The summed E-state index contributed by atoms with van der Waals surface area (Å²) in [5.74, 6) is 0.221. The number of nitrogens with two attached hydrogens (primary N) is 1. The Kier molecular flexibility index (Phi) is 8.17. The van der Waals surface area contributed by atoms with E-state index in [9.17, 15) is 13.6 Å². The average Bonchev–Trinajstić information content (AvgIpc) is 2.84. The van der Waals surface area contributed by atoms with Crippen molar-refractivity contribution in [1.82, 2.24) is 9.97 Å². The second-order valence-electron chi connectivity index (χ2n) is 9.56. The Balaban J connectivity index is 1.42. The van der Waals surface area contributed by atoms with E-state index in [1.54, 1.807) is 12.1 Å². The Bertz CT molecular complexity index is 1030. The monoisotopic (exact) mass is 507 g/mol. The summed E-state index contributed by atoms with van der Waals surface area (Å²) in [4.78, 5) is 21.3.